The van der Waals surface area contributed by atoms with Gasteiger partial charge in [-0.25, -0.2) is 14.4 Å². The quantitative estimate of drug-likeness (QED) is 0.316. The van der Waals surface area contributed by atoms with E-state index in [-0.39, 0.29) is 24.2 Å². The van der Waals surface area contributed by atoms with E-state index in [0.717, 1.165) is 18.4 Å². The highest BCUT2D eigenvalue weighted by Crippen LogP contribution is 2.31. The lowest BCUT2D eigenvalue weighted by Gasteiger charge is -2.15. The molecule has 1 atom stereocenters. The van der Waals surface area contributed by atoms with Crippen molar-refractivity contribution < 1.29 is 19.1 Å². The SMILES string of the molecule is O=C(O)CCCCc1nc2cc(C(=O)NC3CCc4ccccc43)ccc2nc1-c1ccc(F)cc1. The van der Waals surface area contributed by atoms with Crippen molar-refractivity contribution in [1.29, 1.82) is 0 Å². The molecule has 1 aromatic heterocycles. The van der Waals surface area contributed by atoms with Gasteiger partial charge in [0.1, 0.15) is 5.82 Å². The number of rotatable bonds is 8. The normalized spacial score (nSPS) is 14.5. The predicted octanol–water partition coefficient (Wildman–Crippen LogP) is 5.65. The van der Waals surface area contributed by atoms with E-state index in [0.29, 0.717) is 47.2 Å². The summed E-state index contributed by atoms with van der Waals surface area (Å²) in [7, 11) is 0. The highest BCUT2D eigenvalue weighted by atomic mass is 19.1. The topological polar surface area (TPSA) is 92.2 Å². The van der Waals surface area contributed by atoms with Crippen LogP contribution < -0.4 is 5.32 Å². The molecule has 1 amide bonds. The predicted molar refractivity (Wildman–Crippen MR) is 135 cm³/mol. The third-order valence-electron chi connectivity index (χ3n) is 6.61. The maximum atomic E-state index is 13.5. The summed E-state index contributed by atoms with van der Waals surface area (Å²) < 4.78 is 13.5. The number of aryl methyl sites for hydroxylation is 2. The summed E-state index contributed by atoms with van der Waals surface area (Å²) in [6, 6.07) is 19.5. The van der Waals surface area contributed by atoms with E-state index in [2.05, 4.69) is 17.4 Å². The first kappa shape index (κ1) is 23.6. The summed E-state index contributed by atoms with van der Waals surface area (Å²) in [5, 5.41) is 12.1. The number of aliphatic carboxylic acids is 1. The standard InChI is InChI=1S/C29H26FN3O3/c30-21-13-9-19(10-14-21)28-25(7-3-4-8-27(34)35)31-26-17-20(12-16-24(26)32-28)29(36)33-23-15-11-18-5-1-2-6-22(18)23/h1-2,5-6,9-10,12-14,16-17,23H,3-4,7-8,11,15H2,(H,33,36)(H,34,35). The number of hydrogen-bond acceptors (Lipinski definition) is 4. The van der Waals surface area contributed by atoms with Crippen LogP contribution in [0.5, 0.6) is 0 Å². The van der Waals surface area contributed by atoms with Gasteiger partial charge in [0.05, 0.1) is 28.5 Å². The van der Waals surface area contributed by atoms with Crippen LogP contribution in [0.1, 0.15) is 58.9 Å². The van der Waals surface area contributed by atoms with Gasteiger partial charge < -0.3 is 10.4 Å². The van der Waals surface area contributed by atoms with Gasteiger partial charge in [-0.05, 0) is 85.7 Å². The number of benzene rings is 3. The van der Waals surface area contributed by atoms with Gasteiger partial charge in [0.2, 0.25) is 0 Å². The number of carbonyl (C=O) groups excluding carboxylic acids is 1. The number of halogens is 1. The van der Waals surface area contributed by atoms with Crippen molar-refractivity contribution in [3.05, 3.63) is 94.9 Å². The van der Waals surface area contributed by atoms with Crippen molar-refractivity contribution in [3.63, 3.8) is 0 Å². The average molecular weight is 484 g/mol. The Morgan fingerprint density at radius 2 is 1.78 bits per heavy atom. The molecule has 0 saturated carbocycles. The van der Waals surface area contributed by atoms with Gasteiger partial charge in [0.15, 0.2) is 0 Å². The number of hydrogen-bond donors (Lipinski definition) is 2. The smallest absolute Gasteiger partial charge is 0.303 e. The van der Waals surface area contributed by atoms with E-state index in [4.69, 9.17) is 15.1 Å². The molecular formula is C29H26FN3O3. The van der Waals surface area contributed by atoms with Crippen LogP contribution in [0.25, 0.3) is 22.3 Å². The van der Waals surface area contributed by atoms with Crippen molar-refractivity contribution in [1.82, 2.24) is 15.3 Å². The molecule has 4 aromatic rings. The van der Waals surface area contributed by atoms with E-state index >= 15 is 0 Å². The van der Waals surface area contributed by atoms with Gasteiger partial charge in [-0.1, -0.05) is 24.3 Å². The molecule has 7 heteroatoms. The Labute approximate surface area is 208 Å². The fourth-order valence-corrected chi connectivity index (χ4v) is 4.76. The number of carboxylic acids is 1. The van der Waals surface area contributed by atoms with Crippen LogP contribution in [-0.4, -0.2) is 27.0 Å². The van der Waals surface area contributed by atoms with E-state index in [1.165, 1.54) is 23.3 Å². The Hall–Kier alpha value is -4.13. The molecular weight excluding hydrogens is 457 g/mol. The highest BCUT2D eigenvalue weighted by molar-refractivity contribution is 5.97. The van der Waals surface area contributed by atoms with Crippen LogP contribution in [0.2, 0.25) is 0 Å². The third kappa shape index (κ3) is 5.10. The van der Waals surface area contributed by atoms with Gasteiger partial charge in [-0.2, -0.15) is 0 Å². The number of nitrogens with zero attached hydrogens (tertiary/aromatic N) is 2. The summed E-state index contributed by atoms with van der Waals surface area (Å²) >= 11 is 0. The van der Waals surface area contributed by atoms with Crippen molar-refractivity contribution in [2.75, 3.05) is 0 Å². The van der Waals surface area contributed by atoms with E-state index in [9.17, 15) is 14.0 Å². The molecule has 0 aliphatic heterocycles. The maximum Gasteiger partial charge on any atom is 0.303 e. The number of amides is 1. The molecule has 182 valence electrons. The van der Waals surface area contributed by atoms with Crippen molar-refractivity contribution >= 4 is 22.9 Å². The molecule has 0 saturated heterocycles. The summed E-state index contributed by atoms with van der Waals surface area (Å²) in [6.45, 7) is 0. The number of unbranched alkanes of at least 4 members (excludes halogenated alkanes) is 1. The molecule has 0 spiro atoms. The van der Waals surface area contributed by atoms with Gasteiger partial charge in [-0.15, -0.1) is 0 Å². The fourth-order valence-electron chi connectivity index (χ4n) is 4.76. The second kappa shape index (κ2) is 10.2. The molecule has 1 aliphatic rings. The Kier molecular flexibility index (Phi) is 6.71. The van der Waals surface area contributed by atoms with E-state index < -0.39 is 5.97 Å². The molecule has 3 aromatic carbocycles. The minimum Gasteiger partial charge on any atom is -0.481 e. The number of carbonyl (C=O) groups is 2. The van der Waals surface area contributed by atoms with E-state index in [1.54, 1.807) is 30.3 Å². The second-order valence-electron chi connectivity index (χ2n) is 9.09. The largest absolute Gasteiger partial charge is 0.481 e. The molecule has 6 nitrogen and oxygen atoms in total. The van der Waals surface area contributed by atoms with Crippen LogP contribution >= 0.6 is 0 Å². The lowest BCUT2D eigenvalue weighted by atomic mass is 10.0. The number of carboxylic acid groups (broad SMARTS) is 1. The Morgan fingerprint density at radius 3 is 2.58 bits per heavy atom. The van der Waals surface area contributed by atoms with Gasteiger partial charge >= 0.3 is 5.97 Å². The molecule has 1 heterocycles. The molecule has 1 unspecified atom stereocenters. The van der Waals surface area contributed by atoms with Gasteiger partial charge in [0.25, 0.3) is 5.91 Å². The minimum absolute atomic E-state index is 0.0128. The summed E-state index contributed by atoms with van der Waals surface area (Å²) in [6.07, 6.45) is 3.58. The third-order valence-corrected chi connectivity index (χ3v) is 6.61. The van der Waals surface area contributed by atoms with Crippen LogP contribution in [0.15, 0.2) is 66.7 Å². The Balaban J connectivity index is 1.43. The van der Waals surface area contributed by atoms with Crippen LogP contribution in [0.3, 0.4) is 0 Å². The zero-order valence-electron chi connectivity index (χ0n) is 19.7. The first-order valence-electron chi connectivity index (χ1n) is 12.1. The maximum absolute atomic E-state index is 13.5. The lowest BCUT2D eigenvalue weighted by Crippen LogP contribution is -2.27. The number of aromatic nitrogens is 2. The molecule has 2 N–H and O–H groups in total. The minimum atomic E-state index is -0.834. The molecule has 0 bridgehead atoms. The fraction of sp³-hybridized carbons (Fsp3) is 0.241. The first-order valence-corrected chi connectivity index (χ1v) is 12.1. The van der Waals surface area contributed by atoms with Crippen LogP contribution in [0, 0.1) is 5.82 Å². The van der Waals surface area contributed by atoms with Gasteiger partial charge in [-0.3, -0.25) is 9.59 Å². The Bertz CT molecular complexity index is 1440. The molecule has 1 aliphatic carbocycles. The van der Waals surface area contributed by atoms with Gasteiger partial charge in [0, 0.05) is 17.5 Å². The second-order valence-corrected chi connectivity index (χ2v) is 9.09. The highest BCUT2D eigenvalue weighted by Gasteiger charge is 2.24. The van der Waals surface area contributed by atoms with Crippen LogP contribution in [-0.2, 0) is 17.6 Å². The lowest BCUT2D eigenvalue weighted by molar-refractivity contribution is -0.137. The zero-order valence-corrected chi connectivity index (χ0v) is 19.7. The van der Waals surface area contributed by atoms with E-state index in [1.807, 2.05) is 12.1 Å². The number of fused-ring (bicyclic) bond motifs is 2. The Morgan fingerprint density at radius 1 is 0.972 bits per heavy atom. The van der Waals surface area contributed by atoms with Crippen molar-refractivity contribution in [2.45, 2.75) is 44.6 Å². The summed E-state index contributed by atoms with van der Waals surface area (Å²) in [4.78, 5) is 33.6. The molecule has 5 rings (SSSR count). The van der Waals surface area contributed by atoms with Crippen LogP contribution in [0.4, 0.5) is 4.39 Å². The van der Waals surface area contributed by atoms with Crippen molar-refractivity contribution in [2.24, 2.45) is 0 Å². The molecule has 0 fully saturated rings. The summed E-state index contributed by atoms with van der Waals surface area (Å²) in [5.41, 5.74) is 6.24. The number of nitrogens with one attached hydrogen (secondary N) is 1. The molecule has 0 radical (unpaired) electrons. The van der Waals surface area contributed by atoms with Crippen molar-refractivity contribution in [3.8, 4) is 11.3 Å². The first-order chi connectivity index (χ1) is 17.5. The zero-order chi connectivity index (χ0) is 25.1. The summed E-state index contributed by atoms with van der Waals surface area (Å²) in [5.74, 6) is -1.33. The monoisotopic (exact) mass is 483 g/mol. The average Bonchev–Trinajstić information content (AvgIpc) is 3.29. The molecule has 36 heavy (non-hydrogen) atoms.